The van der Waals surface area contributed by atoms with Gasteiger partial charge in [-0.15, -0.1) is 0 Å². The number of ether oxygens (including phenoxy) is 1. The highest BCUT2D eigenvalue weighted by atomic mass is 32.2. The van der Waals surface area contributed by atoms with E-state index in [1.165, 1.54) is 43.5 Å². The van der Waals surface area contributed by atoms with E-state index < -0.39 is 16.0 Å². The first-order valence-electron chi connectivity index (χ1n) is 9.20. The van der Waals surface area contributed by atoms with E-state index in [4.69, 9.17) is 4.74 Å². The summed E-state index contributed by atoms with van der Waals surface area (Å²) in [4.78, 5) is 11.9. The lowest BCUT2D eigenvalue weighted by Gasteiger charge is -2.56. The molecule has 4 fully saturated rings. The number of carbonyl (C=O) groups excluding carboxylic acids is 1. The van der Waals surface area contributed by atoms with Crippen molar-refractivity contribution < 1.29 is 17.9 Å². The molecule has 6 heteroatoms. The van der Waals surface area contributed by atoms with Gasteiger partial charge in [0, 0.05) is 5.54 Å². The molecule has 5 rings (SSSR count). The Balaban J connectivity index is 1.53. The van der Waals surface area contributed by atoms with E-state index in [9.17, 15) is 13.2 Å². The second kappa shape index (κ2) is 6.09. The van der Waals surface area contributed by atoms with Gasteiger partial charge in [-0.1, -0.05) is 0 Å². The minimum absolute atomic E-state index is 0.219. The number of esters is 1. The van der Waals surface area contributed by atoms with Crippen LogP contribution in [-0.2, 0) is 14.8 Å². The Kier molecular flexibility index (Phi) is 4.15. The van der Waals surface area contributed by atoms with Crippen LogP contribution in [0.25, 0.3) is 0 Å². The first-order valence-corrected chi connectivity index (χ1v) is 10.7. The van der Waals surface area contributed by atoms with E-state index in [1.54, 1.807) is 6.92 Å². The van der Waals surface area contributed by atoms with Crippen LogP contribution in [0.1, 0.15) is 55.8 Å². The number of benzene rings is 1. The maximum Gasteiger partial charge on any atom is 0.338 e. The molecule has 0 radical (unpaired) electrons. The summed E-state index contributed by atoms with van der Waals surface area (Å²) >= 11 is 0. The molecule has 1 aromatic rings. The van der Waals surface area contributed by atoms with Crippen LogP contribution >= 0.6 is 0 Å². The molecule has 0 atom stereocenters. The summed E-state index contributed by atoms with van der Waals surface area (Å²) in [5, 5.41) is 0. The van der Waals surface area contributed by atoms with Crippen LogP contribution in [-0.4, -0.2) is 26.5 Å². The minimum Gasteiger partial charge on any atom is -0.462 e. The smallest absolute Gasteiger partial charge is 0.338 e. The average Bonchev–Trinajstić information content (AvgIpc) is 2.53. The zero-order valence-electron chi connectivity index (χ0n) is 14.5. The molecule has 0 unspecified atom stereocenters. The van der Waals surface area contributed by atoms with Crippen LogP contribution in [0.15, 0.2) is 29.2 Å². The Labute approximate surface area is 149 Å². The maximum atomic E-state index is 12.9. The Morgan fingerprint density at radius 2 is 1.60 bits per heavy atom. The Bertz CT molecular complexity index is 734. The third-order valence-corrected chi connectivity index (χ3v) is 7.66. The number of hydrogen-bond donors (Lipinski definition) is 1. The molecule has 4 saturated carbocycles. The highest BCUT2D eigenvalue weighted by molar-refractivity contribution is 7.89. The molecular weight excluding hydrogens is 338 g/mol. The normalized spacial score (nSPS) is 33.4. The number of nitrogens with one attached hydrogen (secondary N) is 1. The van der Waals surface area contributed by atoms with Crippen molar-refractivity contribution in [2.45, 2.75) is 55.9 Å². The van der Waals surface area contributed by atoms with Gasteiger partial charge in [-0.3, -0.25) is 0 Å². The van der Waals surface area contributed by atoms with E-state index in [0.717, 1.165) is 19.3 Å². The van der Waals surface area contributed by atoms with Crippen LogP contribution in [0.3, 0.4) is 0 Å². The lowest BCUT2D eigenvalue weighted by Crippen LogP contribution is -2.59. The van der Waals surface area contributed by atoms with Gasteiger partial charge >= 0.3 is 5.97 Å². The molecule has 4 aliphatic rings. The van der Waals surface area contributed by atoms with Gasteiger partial charge in [0.05, 0.1) is 17.1 Å². The predicted octanol–water partition coefficient (Wildman–Crippen LogP) is 3.11. The molecule has 4 bridgehead atoms. The Morgan fingerprint density at radius 3 is 2.08 bits per heavy atom. The Morgan fingerprint density at radius 1 is 1.08 bits per heavy atom. The van der Waals surface area contributed by atoms with Crippen LogP contribution in [0, 0.1) is 17.8 Å². The monoisotopic (exact) mass is 363 g/mol. The van der Waals surface area contributed by atoms with Gasteiger partial charge in [0.1, 0.15) is 0 Å². The standard InChI is InChI=1S/C19H25NO4S/c1-2-24-18(21)16-3-5-17(6-4-16)25(22,23)20-19-10-13-7-14(11-19)9-15(8-13)12-19/h3-6,13-15,20H,2,7-12H2,1H3. The van der Waals surface area contributed by atoms with Crippen molar-refractivity contribution in [3.05, 3.63) is 29.8 Å². The average molecular weight is 363 g/mol. The lowest BCUT2D eigenvalue weighted by atomic mass is 9.53. The number of rotatable bonds is 5. The predicted molar refractivity (Wildman–Crippen MR) is 93.6 cm³/mol. The SMILES string of the molecule is CCOC(=O)c1ccc(S(=O)(=O)NC23CC4CC(CC(C4)C2)C3)cc1. The molecule has 5 nitrogen and oxygen atoms in total. The molecule has 0 heterocycles. The van der Waals surface area contributed by atoms with Crippen molar-refractivity contribution in [1.82, 2.24) is 4.72 Å². The largest absolute Gasteiger partial charge is 0.462 e. The topological polar surface area (TPSA) is 72.5 Å². The fourth-order valence-electron chi connectivity index (χ4n) is 5.56. The zero-order chi connectivity index (χ0) is 17.7. The number of carbonyl (C=O) groups is 1. The van der Waals surface area contributed by atoms with Crippen molar-refractivity contribution in [2.75, 3.05) is 6.61 Å². The lowest BCUT2D eigenvalue weighted by molar-refractivity contribution is -0.00810. The first-order chi connectivity index (χ1) is 11.9. The summed E-state index contributed by atoms with van der Waals surface area (Å²) in [5.74, 6) is 1.61. The molecular formula is C19H25NO4S. The molecule has 25 heavy (non-hydrogen) atoms. The summed E-state index contributed by atoms with van der Waals surface area (Å²) in [5.41, 5.74) is 0.114. The highest BCUT2D eigenvalue weighted by Gasteiger charge is 2.52. The van der Waals surface area contributed by atoms with E-state index in [0.29, 0.717) is 29.9 Å². The minimum atomic E-state index is -3.58. The summed E-state index contributed by atoms with van der Waals surface area (Å²) in [6.07, 6.45) is 6.73. The van der Waals surface area contributed by atoms with E-state index in [2.05, 4.69) is 4.72 Å². The second-order valence-corrected chi connectivity index (χ2v) is 9.73. The van der Waals surface area contributed by atoms with Gasteiger partial charge in [0.2, 0.25) is 10.0 Å². The summed E-state index contributed by atoms with van der Waals surface area (Å²) < 4.78 is 33.8. The molecule has 136 valence electrons. The molecule has 0 aromatic heterocycles. The first kappa shape index (κ1) is 17.0. The van der Waals surface area contributed by atoms with Crippen LogP contribution in [0.4, 0.5) is 0 Å². The number of sulfonamides is 1. The van der Waals surface area contributed by atoms with Crippen LogP contribution < -0.4 is 4.72 Å². The van der Waals surface area contributed by atoms with Gasteiger partial charge < -0.3 is 4.74 Å². The van der Waals surface area contributed by atoms with Gasteiger partial charge in [0.15, 0.2) is 0 Å². The summed E-state index contributed by atoms with van der Waals surface area (Å²) in [7, 11) is -3.58. The summed E-state index contributed by atoms with van der Waals surface area (Å²) in [6.45, 7) is 2.04. The maximum absolute atomic E-state index is 12.9. The molecule has 0 spiro atoms. The quantitative estimate of drug-likeness (QED) is 0.816. The highest BCUT2D eigenvalue weighted by Crippen LogP contribution is 2.55. The van der Waals surface area contributed by atoms with Crippen molar-refractivity contribution in [3.8, 4) is 0 Å². The Hall–Kier alpha value is -1.40. The zero-order valence-corrected chi connectivity index (χ0v) is 15.3. The van der Waals surface area contributed by atoms with Crippen molar-refractivity contribution in [3.63, 3.8) is 0 Å². The van der Waals surface area contributed by atoms with Crippen molar-refractivity contribution >= 4 is 16.0 Å². The van der Waals surface area contributed by atoms with Gasteiger partial charge in [-0.05, 0) is 87.5 Å². The van der Waals surface area contributed by atoms with Crippen LogP contribution in [0.5, 0.6) is 0 Å². The fraction of sp³-hybridized carbons (Fsp3) is 0.632. The molecule has 0 aliphatic heterocycles. The third kappa shape index (κ3) is 3.22. The third-order valence-electron chi connectivity index (χ3n) is 6.06. The van der Waals surface area contributed by atoms with Gasteiger partial charge in [0.25, 0.3) is 0 Å². The molecule has 1 aromatic carbocycles. The van der Waals surface area contributed by atoms with Crippen molar-refractivity contribution in [1.29, 1.82) is 0 Å². The van der Waals surface area contributed by atoms with E-state index in [1.807, 2.05) is 0 Å². The molecule has 0 amide bonds. The van der Waals surface area contributed by atoms with Crippen LogP contribution in [0.2, 0.25) is 0 Å². The summed E-state index contributed by atoms with van der Waals surface area (Å²) in [6, 6.07) is 6.03. The van der Waals surface area contributed by atoms with Gasteiger partial charge in [-0.25, -0.2) is 17.9 Å². The van der Waals surface area contributed by atoms with E-state index >= 15 is 0 Å². The molecule has 1 N–H and O–H groups in total. The van der Waals surface area contributed by atoms with Crippen molar-refractivity contribution in [2.24, 2.45) is 17.8 Å². The number of hydrogen-bond acceptors (Lipinski definition) is 4. The molecule has 0 saturated heterocycles. The second-order valence-electron chi connectivity index (χ2n) is 8.05. The van der Waals surface area contributed by atoms with Gasteiger partial charge in [-0.2, -0.15) is 0 Å². The fourth-order valence-corrected chi connectivity index (χ4v) is 7.00. The molecule has 4 aliphatic carbocycles. The van der Waals surface area contributed by atoms with E-state index in [-0.39, 0.29) is 10.4 Å².